The van der Waals surface area contributed by atoms with Gasteiger partial charge in [0.25, 0.3) is 12.6 Å². The second kappa shape index (κ2) is 7.51. The third-order valence-electron chi connectivity index (χ3n) is 3.89. The van der Waals surface area contributed by atoms with Crippen LogP contribution in [0, 0.1) is 24.1 Å². The van der Waals surface area contributed by atoms with E-state index in [0.717, 1.165) is 19.1 Å². The highest BCUT2D eigenvalue weighted by atomic mass is 19.4. The number of nitriles is 1. The molecule has 2 heterocycles. The molecule has 0 bridgehead atoms. The van der Waals surface area contributed by atoms with Gasteiger partial charge in [0.05, 0.1) is 11.4 Å². The van der Waals surface area contributed by atoms with Gasteiger partial charge in [-0.05, 0) is 18.9 Å². The van der Waals surface area contributed by atoms with Gasteiger partial charge in [0.1, 0.15) is 6.54 Å². The van der Waals surface area contributed by atoms with Gasteiger partial charge in [0.2, 0.25) is 0 Å². The van der Waals surface area contributed by atoms with Gasteiger partial charge in [0.15, 0.2) is 5.69 Å². The SMILES string of the molecule is Cc1cc(NCC2CCB(C#N)C2)c(C(=O)NCC(F)(F)F)nn1. The molecule has 1 saturated heterocycles. The van der Waals surface area contributed by atoms with E-state index in [-0.39, 0.29) is 18.3 Å². The average Bonchev–Trinajstić information content (AvgIpc) is 2.98. The first-order valence-corrected chi connectivity index (χ1v) is 7.61. The van der Waals surface area contributed by atoms with E-state index >= 15 is 0 Å². The second-order valence-corrected chi connectivity index (χ2v) is 5.93. The van der Waals surface area contributed by atoms with E-state index in [1.54, 1.807) is 18.3 Å². The molecule has 0 spiro atoms. The minimum atomic E-state index is -4.49. The third kappa shape index (κ3) is 5.11. The van der Waals surface area contributed by atoms with E-state index in [2.05, 4.69) is 21.5 Å². The predicted molar refractivity (Wildman–Crippen MR) is 82.7 cm³/mol. The first-order chi connectivity index (χ1) is 11.3. The molecule has 1 aromatic rings. The Morgan fingerprint density at radius 2 is 2.25 bits per heavy atom. The summed E-state index contributed by atoms with van der Waals surface area (Å²) in [6, 6.07) is 1.58. The maximum Gasteiger partial charge on any atom is 0.405 e. The van der Waals surface area contributed by atoms with E-state index in [9.17, 15) is 18.0 Å². The lowest BCUT2D eigenvalue weighted by Crippen LogP contribution is -2.35. The Labute approximate surface area is 137 Å². The number of carbonyl (C=O) groups excluding carboxylic acids is 1. The van der Waals surface area contributed by atoms with Crippen molar-refractivity contribution in [3.05, 3.63) is 17.5 Å². The van der Waals surface area contributed by atoms with E-state index < -0.39 is 18.6 Å². The molecular weight excluding hydrogens is 322 g/mol. The highest BCUT2D eigenvalue weighted by Gasteiger charge is 2.30. The van der Waals surface area contributed by atoms with E-state index in [1.807, 2.05) is 0 Å². The summed E-state index contributed by atoms with van der Waals surface area (Å²) in [4.78, 5) is 11.9. The molecule has 0 aromatic carbocycles. The minimum Gasteiger partial charge on any atom is -0.383 e. The van der Waals surface area contributed by atoms with Crippen LogP contribution in [0.25, 0.3) is 0 Å². The summed E-state index contributed by atoms with van der Waals surface area (Å²) >= 11 is 0. The van der Waals surface area contributed by atoms with Gasteiger partial charge < -0.3 is 10.6 Å². The van der Waals surface area contributed by atoms with E-state index in [1.165, 1.54) is 0 Å². The van der Waals surface area contributed by atoms with Crippen LogP contribution in [0.1, 0.15) is 22.6 Å². The number of alkyl halides is 3. The lowest BCUT2D eigenvalue weighted by Gasteiger charge is -2.15. The molecule has 1 aliphatic rings. The number of amides is 1. The Kier molecular flexibility index (Phi) is 5.64. The number of hydrogen-bond donors (Lipinski definition) is 2. The summed E-state index contributed by atoms with van der Waals surface area (Å²) in [5.41, 5.74) is 0.730. The molecule has 10 heteroatoms. The summed E-state index contributed by atoms with van der Waals surface area (Å²) in [6.07, 6.45) is -1.97. The third-order valence-corrected chi connectivity index (χ3v) is 3.89. The monoisotopic (exact) mass is 339 g/mol. The van der Waals surface area contributed by atoms with Crippen molar-refractivity contribution in [2.75, 3.05) is 18.4 Å². The highest BCUT2D eigenvalue weighted by Crippen LogP contribution is 2.27. The summed E-state index contributed by atoms with van der Waals surface area (Å²) in [7, 11) is 0. The van der Waals surface area contributed by atoms with Crippen molar-refractivity contribution in [1.82, 2.24) is 15.5 Å². The zero-order valence-electron chi connectivity index (χ0n) is 13.2. The molecule has 24 heavy (non-hydrogen) atoms. The van der Waals surface area contributed by atoms with Gasteiger partial charge >= 0.3 is 6.18 Å². The van der Waals surface area contributed by atoms with Gasteiger partial charge in [-0.1, -0.05) is 19.1 Å². The summed E-state index contributed by atoms with van der Waals surface area (Å²) in [6.45, 7) is 0.830. The number of aromatic nitrogens is 2. The number of anilines is 1. The van der Waals surface area contributed by atoms with Crippen LogP contribution in [-0.4, -0.2) is 42.1 Å². The predicted octanol–water partition coefficient (Wildman–Crippen LogP) is 2.07. The van der Waals surface area contributed by atoms with Crippen LogP contribution in [0.2, 0.25) is 12.6 Å². The number of halogens is 3. The zero-order chi connectivity index (χ0) is 17.7. The normalized spacial score (nSPS) is 17.5. The van der Waals surface area contributed by atoms with Crippen LogP contribution in [-0.2, 0) is 0 Å². The molecule has 6 nitrogen and oxygen atoms in total. The molecule has 2 N–H and O–H groups in total. The van der Waals surface area contributed by atoms with Crippen molar-refractivity contribution in [1.29, 1.82) is 5.26 Å². The van der Waals surface area contributed by atoms with Crippen LogP contribution >= 0.6 is 0 Å². The quantitative estimate of drug-likeness (QED) is 0.802. The van der Waals surface area contributed by atoms with Crippen LogP contribution in [0.4, 0.5) is 18.9 Å². The van der Waals surface area contributed by atoms with Crippen molar-refractivity contribution in [3.8, 4) is 5.97 Å². The van der Waals surface area contributed by atoms with Gasteiger partial charge in [-0.3, -0.25) is 4.79 Å². The van der Waals surface area contributed by atoms with Crippen molar-refractivity contribution in [2.24, 2.45) is 5.92 Å². The van der Waals surface area contributed by atoms with Crippen molar-refractivity contribution >= 4 is 18.3 Å². The number of hydrogen-bond acceptors (Lipinski definition) is 5. The number of nitrogens with one attached hydrogen (secondary N) is 2. The molecule has 2 rings (SSSR count). The van der Waals surface area contributed by atoms with E-state index in [0.29, 0.717) is 17.9 Å². The Hall–Kier alpha value is -2.31. The highest BCUT2D eigenvalue weighted by molar-refractivity contribution is 6.67. The van der Waals surface area contributed by atoms with Crippen LogP contribution in [0.15, 0.2) is 6.07 Å². The second-order valence-electron chi connectivity index (χ2n) is 5.93. The Morgan fingerprint density at radius 1 is 1.50 bits per heavy atom. The maximum absolute atomic E-state index is 12.2. The summed E-state index contributed by atoms with van der Waals surface area (Å²) in [5, 5.41) is 21.2. The molecule has 0 radical (unpaired) electrons. The number of nitrogens with zero attached hydrogens (tertiary/aromatic N) is 3. The summed E-state index contributed by atoms with van der Waals surface area (Å²) < 4.78 is 36.7. The zero-order valence-corrected chi connectivity index (χ0v) is 13.2. The molecule has 1 amide bonds. The standard InChI is InChI=1S/C14H17BF3N5O/c1-9-4-11(20-6-10-2-3-15(5-10)8-19)12(23-22-9)13(24)21-7-14(16,17)18/h4,10H,2-3,5-7H2,1H3,(H,20,22)(H,21,24). The molecule has 0 aliphatic carbocycles. The van der Waals surface area contributed by atoms with Crippen molar-refractivity contribution in [2.45, 2.75) is 32.2 Å². The Bertz CT molecular complexity index is 646. The molecule has 1 unspecified atom stereocenters. The first-order valence-electron chi connectivity index (χ1n) is 7.61. The fourth-order valence-corrected chi connectivity index (χ4v) is 2.69. The smallest absolute Gasteiger partial charge is 0.383 e. The van der Waals surface area contributed by atoms with Crippen LogP contribution < -0.4 is 10.6 Å². The van der Waals surface area contributed by atoms with Crippen LogP contribution in [0.3, 0.4) is 0 Å². The largest absolute Gasteiger partial charge is 0.405 e. The Balaban J connectivity index is 2.02. The van der Waals surface area contributed by atoms with Gasteiger partial charge in [-0.15, -0.1) is 5.10 Å². The number of carbonyl (C=O) groups is 1. The van der Waals surface area contributed by atoms with Crippen molar-refractivity contribution in [3.63, 3.8) is 0 Å². The molecule has 1 fully saturated rings. The molecule has 0 saturated carbocycles. The molecule has 1 aromatic heterocycles. The van der Waals surface area contributed by atoms with Gasteiger partial charge in [-0.2, -0.15) is 18.3 Å². The molecule has 128 valence electrons. The minimum absolute atomic E-state index is 0.0451. The molecular formula is C14H17BF3N5O. The van der Waals surface area contributed by atoms with Gasteiger partial charge in [-0.25, -0.2) is 5.26 Å². The van der Waals surface area contributed by atoms with Crippen LogP contribution in [0.5, 0.6) is 0 Å². The number of aryl methyl sites for hydroxylation is 1. The number of rotatable bonds is 5. The average molecular weight is 339 g/mol. The fourth-order valence-electron chi connectivity index (χ4n) is 2.69. The van der Waals surface area contributed by atoms with Crippen molar-refractivity contribution < 1.29 is 18.0 Å². The lowest BCUT2D eigenvalue weighted by molar-refractivity contribution is -0.123. The lowest BCUT2D eigenvalue weighted by atomic mass is 9.50. The van der Waals surface area contributed by atoms with Gasteiger partial charge in [0, 0.05) is 12.5 Å². The topological polar surface area (TPSA) is 90.7 Å². The maximum atomic E-state index is 12.2. The fraction of sp³-hybridized carbons (Fsp3) is 0.571. The molecule has 1 atom stereocenters. The van der Waals surface area contributed by atoms with E-state index in [4.69, 9.17) is 5.26 Å². The summed E-state index contributed by atoms with van der Waals surface area (Å²) in [5.74, 6) is 1.60. The first kappa shape index (κ1) is 18.0. The Morgan fingerprint density at radius 3 is 2.88 bits per heavy atom. The molecule has 1 aliphatic heterocycles.